The minimum Gasteiger partial charge on any atom is -0.379 e. The number of nitrogens with one attached hydrogen (secondary N) is 1. The zero-order chi connectivity index (χ0) is 20.9. The van der Waals surface area contributed by atoms with Crippen LogP contribution in [0.4, 0.5) is 0 Å². The maximum Gasteiger partial charge on any atom is 0.251 e. The maximum atomic E-state index is 12.7. The zero-order valence-electron chi connectivity index (χ0n) is 16.9. The van der Waals surface area contributed by atoms with Gasteiger partial charge in [0.15, 0.2) is 9.84 Å². The fourth-order valence-corrected chi connectivity index (χ4v) is 4.02. The number of amides is 1. The van der Waals surface area contributed by atoms with Crippen molar-refractivity contribution in [2.75, 3.05) is 32.6 Å². The topological polar surface area (TPSA) is 75.7 Å². The Labute approximate surface area is 172 Å². The summed E-state index contributed by atoms with van der Waals surface area (Å²) in [5, 5.41) is 3.04. The number of benzene rings is 2. The van der Waals surface area contributed by atoms with Crippen molar-refractivity contribution in [2.45, 2.75) is 30.8 Å². The van der Waals surface area contributed by atoms with Gasteiger partial charge in [-0.1, -0.05) is 31.2 Å². The summed E-state index contributed by atoms with van der Waals surface area (Å²) in [4.78, 5) is 15.3. The minimum absolute atomic E-state index is 0.137. The molecule has 1 fully saturated rings. The smallest absolute Gasteiger partial charge is 0.251 e. The Hall–Kier alpha value is -2.22. The third kappa shape index (κ3) is 5.88. The monoisotopic (exact) mass is 416 g/mol. The van der Waals surface area contributed by atoms with E-state index in [4.69, 9.17) is 4.74 Å². The fraction of sp³-hybridized carbons (Fsp3) is 0.409. The molecule has 0 aromatic heterocycles. The molecule has 7 heteroatoms. The van der Waals surface area contributed by atoms with Gasteiger partial charge in [0, 0.05) is 31.5 Å². The van der Waals surface area contributed by atoms with Crippen LogP contribution in [-0.2, 0) is 21.1 Å². The molecule has 1 heterocycles. The number of ether oxygens (including phenoxy) is 1. The molecule has 0 radical (unpaired) electrons. The van der Waals surface area contributed by atoms with E-state index in [0.717, 1.165) is 38.4 Å². The van der Waals surface area contributed by atoms with Crippen molar-refractivity contribution < 1.29 is 17.9 Å². The van der Waals surface area contributed by atoms with Crippen LogP contribution in [0.5, 0.6) is 0 Å². The van der Waals surface area contributed by atoms with Gasteiger partial charge in [0.1, 0.15) is 0 Å². The molecule has 1 saturated heterocycles. The molecule has 1 amide bonds. The Morgan fingerprint density at radius 2 is 1.69 bits per heavy atom. The SMILES string of the molecule is CCC(NC(=O)c1ccc(CN2CCOCC2)cc1)c1ccc(S(C)(=O)=O)cc1. The number of hydrogen-bond donors (Lipinski definition) is 1. The van der Waals surface area contributed by atoms with Gasteiger partial charge in [-0.2, -0.15) is 0 Å². The van der Waals surface area contributed by atoms with E-state index >= 15 is 0 Å². The Kier molecular flexibility index (Phi) is 7.05. The molecule has 29 heavy (non-hydrogen) atoms. The van der Waals surface area contributed by atoms with Gasteiger partial charge in [0.2, 0.25) is 0 Å². The van der Waals surface area contributed by atoms with Crippen molar-refractivity contribution in [1.29, 1.82) is 0 Å². The number of sulfone groups is 1. The molecule has 2 aromatic carbocycles. The van der Waals surface area contributed by atoms with Crippen LogP contribution in [0.1, 0.15) is 40.9 Å². The van der Waals surface area contributed by atoms with Gasteiger partial charge in [-0.3, -0.25) is 9.69 Å². The average Bonchev–Trinajstić information content (AvgIpc) is 2.72. The Morgan fingerprint density at radius 1 is 1.07 bits per heavy atom. The Morgan fingerprint density at radius 3 is 2.24 bits per heavy atom. The largest absolute Gasteiger partial charge is 0.379 e. The Balaban J connectivity index is 1.63. The third-order valence-corrected chi connectivity index (χ3v) is 6.28. The van der Waals surface area contributed by atoms with E-state index in [1.54, 1.807) is 24.3 Å². The van der Waals surface area contributed by atoms with Crippen molar-refractivity contribution in [3.63, 3.8) is 0 Å². The summed E-state index contributed by atoms with van der Waals surface area (Å²) in [6.45, 7) is 6.24. The quantitative estimate of drug-likeness (QED) is 0.751. The van der Waals surface area contributed by atoms with Crippen LogP contribution in [0.3, 0.4) is 0 Å². The number of carbonyl (C=O) groups excluding carboxylic acids is 1. The first-order valence-corrected chi connectivity index (χ1v) is 11.8. The molecule has 0 spiro atoms. The van der Waals surface area contributed by atoms with Crippen molar-refractivity contribution in [3.05, 3.63) is 65.2 Å². The lowest BCUT2D eigenvalue weighted by molar-refractivity contribution is 0.0342. The van der Waals surface area contributed by atoms with Gasteiger partial charge in [-0.05, 0) is 41.8 Å². The normalized spacial score (nSPS) is 16.3. The van der Waals surface area contributed by atoms with Gasteiger partial charge in [-0.15, -0.1) is 0 Å². The molecule has 3 rings (SSSR count). The van der Waals surface area contributed by atoms with Gasteiger partial charge < -0.3 is 10.1 Å². The summed E-state index contributed by atoms with van der Waals surface area (Å²) in [5.41, 5.74) is 2.67. The predicted molar refractivity (Wildman–Crippen MR) is 113 cm³/mol. The van der Waals surface area contributed by atoms with E-state index in [1.807, 2.05) is 31.2 Å². The first kappa shape index (κ1) is 21.5. The number of hydrogen-bond acceptors (Lipinski definition) is 5. The summed E-state index contributed by atoms with van der Waals surface area (Å²) in [6, 6.07) is 14.2. The van der Waals surface area contributed by atoms with E-state index in [2.05, 4.69) is 10.2 Å². The summed E-state index contributed by atoms with van der Waals surface area (Å²) < 4.78 is 28.6. The molecule has 1 aliphatic heterocycles. The third-order valence-electron chi connectivity index (χ3n) is 5.15. The number of carbonyl (C=O) groups is 1. The summed E-state index contributed by atoms with van der Waals surface area (Å²) in [7, 11) is -3.23. The van der Waals surface area contributed by atoms with Crippen LogP contribution in [0.15, 0.2) is 53.4 Å². The number of nitrogens with zero attached hydrogens (tertiary/aromatic N) is 1. The standard InChI is InChI=1S/C22H28N2O4S/c1-3-21(18-8-10-20(11-9-18)29(2,26)27)23-22(25)19-6-4-17(5-7-19)16-24-12-14-28-15-13-24/h4-11,21H,3,12-16H2,1-2H3,(H,23,25). The zero-order valence-corrected chi connectivity index (χ0v) is 17.7. The van der Waals surface area contributed by atoms with E-state index in [0.29, 0.717) is 12.0 Å². The predicted octanol–water partition coefficient (Wildman–Crippen LogP) is 2.80. The molecule has 2 aromatic rings. The van der Waals surface area contributed by atoms with Crippen molar-refractivity contribution in [2.24, 2.45) is 0 Å². The lowest BCUT2D eigenvalue weighted by Crippen LogP contribution is -2.35. The van der Waals surface area contributed by atoms with Gasteiger partial charge in [0.05, 0.1) is 24.2 Å². The first-order valence-electron chi connectivity index (χ1n) is 9.86. The molecule has 0 saturated carbocycles. The molecular weight excluding hydrogens is 388 g/mol. The van der Waals surface area contributed by atoms with E-state index in [-0.39, 0.29) is 16.8 Å². The highest BCUT2D eigenvalue weighted by molar-refractivity contribution is 7.90. The highest BCUT2D eigenvalue weighted by atomic mass is 32.2. The van der Waals surface area contributed by atoms with Gasteiger partial charge in [-0.25, -0.2) is 8.42 Å². The van der Waals surface area contributed by atoms with E-state index in [1.165, 1.54) is 11.8 Å². The molecule has 6 nitrogen and oxygen atoms in total. The van der Waals surface area contributed by atoms with Crippen molar-refractivity contribution in [3.8, 4) is 0 Å². The highest BCUT2D eigenvalue weighted by Gasteiger charge is 2.16. The maximum absolute atomic E-state index is 12.7. The summed E-state index contributed by atoms with van der Waals surface area (Å²) in [6.07, 6.45) is 1.89. The molecule has 0 bridgehead atoms. The van der Waals surface area contributed by atoms with E-state index in [9.17, 15) is 13.2 Å². The number of morpholine rings is 1. The molecule has 1 atom stereocenters. The van der Waals surface area contributed by atoms with Crippen LogP contribution < -0.4 is 5.32 Å². The van der Waals surface area contributed by atoms with Crippen LogP contribution in [-0.4, -0.2) is 51.8 Å². The van der Waals surface area contributed by atoms with Crippen LogP contribution in [0.2, 0.25) is 0 Å². The Bertz CT molecular complexity index is 918. The molecule has 1 N–H and O–H groups in total. The molecular formula is C22H28N2O4S. The van der Waals surface area contributed by atoms with Crippen molar-refractivity contribution >= 4 is 15.7 Å². The molecule has 0 aliphatic carbocycles. The first-order chi connectivity index (χ1) is 13.9. The summed E-state index contributed by atoms with van der Waals surface area (Å²) >= 11 is 0. The van der Waals surface area contributed by atoms with Crippen LogP contribution >= 0.6 is 0 Å². The lowest BCUT2D eigenvalue weighted by Gasteiger charge is -2.26. The highest BCUT2D eigenvalue weighted by Crippen LogP contribution is 2.20. The second kappa shape index (κ2) is 9.52. The van der Waals surface area contributed by atoms with Gasteiger partial charge >= 0.3 is 0 Å². The summed E-state index contributed by atoms with van der Waals surface area (Å²) in [5.74, 6) is -0.137. The van der Waals surface area contributed by atoms with Gasteiger partial charge in [0.25, 0.3) is 5.91 Å². The second-order valence-electron chi connectivity index (χ2n) is 7.36. The molecule has 1 unspecified atom stereocenters. The average molecular weight is 417 g/mol. The van der Waals surface area contributed by atoms with E-state index < -0.39 is 9.84 Å². The molecule has 1 aliphatic rings. The van der Waals surface area contributed by atoms with Crippen LogP contribution in [0.25, 0.3) is 0 Å². The second-order valence-corrected chi connectivity index (χ2v) is 9.38. The lowest BCUT2D eigenvalue weighted by atomic mass is 10.0. The van der Waals surface area contributed by atoms with Crippen molar-refractivity contribution in [1.82, 2.24) is 10.2 Å². The van der Waals surface area contributed by atoms with Crippen LogP contribution in [0, 0.1) is 0 Å². The minimum atomic E-state index is -3.23. The fourth-order valence-electron chi connectivity index (χ4n) is 3.39. The molecule has 156 valence electrons. The number of rotatable bonds is 7.